The molecule has 57 heavy (non-hydrogen) atoms. The molecule has 0 saturated heterocycles. The van der Waals surface area contributed by atoms with Crippen LogP contribution in [0.1, 0.15) is 188 Å². The van der Waals surface area contributed by atoms with E-state index in [1.54, 1.807) is 0 Å². The van der Waals surface area contributed by atoms with Gasteiger partial charge in [0, 0.05) is 19.3 Å². The van der Waals surface area contributed by atoms with E-state index in [9.17, 15) is 14.4 Å². The van der Waals surface area contributed by atoms with Gasteiger partial charge in [-0.15, -0.1) is 0 Å². The molecule has 0 radical (unpaired) electrons. The fourth-order valence-corrected chi connectivity index (χ4v) is 5.64. The minimum absolute atomic E-state index is 0.119. The first-order chi connectivity index (χ1) is 28.0. The van der Waals surface area contributed by atoms with Gasteiger partial charge in [-0.2, -0.15) is 0 Å². The van der Waals surface area contributed by atoms with Crippen molar-refractivity contribution in [2.75, 3.05) is 13.2 Å². The van der Waals surface area contributed by atoms with Crippen LogP contribution in [0.15, 0.2) is 97.2 Å². The molecule has 0 aromatic rings. The second-order valence-electron chi connectivity index (χ2n) is 14.6. The van der Waals surface area contributed by atoms with Crippen LogP contribution >= 0.6 is 0 Å². The molecule has 0 heterocycles. The highest BCUT2D eigenvalue weighted by Gasteiger charge is 2.19. The Balaban J connectivity index is 4.55. The van der Waals surface area contributed by atoms with Crippen LogP contribution in [-0.2, 0) is 28.6 Å². The number of unbranched alkanes of at least 4 members (excludes halogenated alkanes) is 13. The highest BCUT2D eigenvalue weighted by atomic mass is 16.6. The first-order valence-corrected chi connectivity index (χ1v) is 22.8. The Kier molecular flexibility index (Phi) is 42.1. The molecular weight excluding hydrogens is 709 g/mol. The number of carbonyl (C=O) groups is 3. The molecule has 322 valence electrons. The zero-order valence-corrected chi connectivity index (χ0v) is 36.6. The van der Waals surface area contributed by atoms with E-state index >= 15 is 0 Å². The molecule has 6 nitrogen and oxygen atoms in total. The smallest absolute Gasteiger partial charge is 0.306 e. The Labute approximate surface area is 349 Å². The van der Waals surface area contributed by atoms with E-state index in [4.69, 9.17) is 14.2 Å². The number of esters is 3. The van der Waals surface area contributed by atoms with Crippen molar-refractivity contribution in [3.05, 3.63) is 97.2 Å². The maximum atomic E-state index is 12.7. The topological polar surface area (TPSA) is 78.9 Å². The lowest BCUT2D eigenvalue weighted by molar-refractivity contribution is -0.166. The number of rotatable bonds is 39. The van der Waals surface area contributed by atoms with Crippen molar-refractivity contribution in [2.24, 2.45) is 0 Å². The third-order valence-electron chi connectivity index (χ3n) is 9.08. The Morgan fingerprint density at radius 1 is 0.386 bits per heavy atom. The quantitative estimate of drug-likeness (QED) is 0.0203. The zero-order valence-electron chi connectivity index (χ0n) is 36.6. The first-order valence-electron chi connectivity index (χ1n) is 22.8. The van der Waals surface area contributed by atoms with Gasteiger partial charge in [-0.05, 0) is 96.3 Å². The zero-order chi connectivity index (χ0) is 41.5. The van der Waals surface area contributed by atoms with Gasteiger partial charge in [-0.25, -0.2) is 0 Å². The molecule has 0 spiro atoms. The molecule has 0 aromatic heterocycles. The first kappa shape index (κ1) is 53.3. The van der Waals surface area contributed by atoms with Crippen molar-refractivity contribution < 1.29 is 28.6 Å². The highest BCUT2D eigenvalue weighted by molar-refractivity contribution is 5.71. The molecule has 0 bridgehead atoms. The van der Waals surface area contributed by atoms with Crippen LogP contribution < -0.4 is 0 Å². The summed E-state index contributed by atoms with van der Waals surface area (Å²) in [4.78, 5) is 37.7. The van der Waals surface area contributed by atoms with Crippen LogP contribution in [0.4, 0.5) is 0 Å². The predicted molar refractivity (Wildman–Crippen MR) is 242 cm³/mol. The van der Waals surface area contributed by atoms with Crippen molar-refractivity contribution in [3.63, 3.8) is 0 Å². The van der Waals surface area contributed by atoms with E-state index < -0.39 is 6.10 Å². The van der Waals surface area contributed by atoms with E-state index in [2.05, 4.69) is 106 Å². The summed E-state index contributed by atoms with van der Waals surface area (Å²) in [6, 6.07) is 0. The maximum absolute atomic E-state index is 12.7. The van der Waals surface area contributed by atoms with Gasteiger partial charge < -0.3 is 14.2 Å². The Bertz CT molecular complexity index is 1180. The molecule has 0 aliphatic carbocycles. The van der Waals surface area contributed by atoms with Crippen LogP contribution in [0.25, 0.3) is 0 Å². The third kappa shape index (κ3) is 43.3. The van der Waals surface area contributed by atoms with Crippen LogP contribution in [0, 0.1) is 0 Å². The van der Waals surface area contributed by atoms with Crippen molar-refractivity contribution in [1.82, 2.24) is 0 Å². The molecule has 0 rings (SSSR count). The van der Waals surface area contributed by atoms with Gasteiger partial charge in [0.05, 0.1) is 0 Å². The summed E-state index contributed by atoms with van der Waals surface area (Å²) in [5.74, 6) is -1.05. The average Bonchev–Trinajstić information content (AvgIpc) is 3.21. The van der Waals surface area contributed by atoms with Gasteiger partial charge in [-0.1, -0.05) is 169 Å². The standard InChI is InChI=1S/C51H82O6/c1-4-7-10-13-16-19-22-24-25-26-27-30-32-35-38-41-44-50(53)56-47-48(46-55-49(52)43-40-37-34-31-28-21-18-15-12-9-6-3)57-51(54)45-42-39-36-33-29-23-20-17-14-11-8-5-2/h7,10,15-21,24-25,27-28,30,35,38,48H,4-6,8-9,11-14,22-23,26,29,31-34,36-37,39-47H2,1-3H3/b10-7-,18-15-,19-16-,20-17-,25-24-,28-21-,30-27-,38-35-. The molecular formula is C51H82O6. The summed E-state index contributed by atoms with van der Waals surface area (Å²) in [6.45, 7) is 6.31. The average molecular weight is 791 g/mol. The van der Waals surface area contributed by atoms with Gasteiger partial charge in [-0.3, -0.25) is 14.4 Å². The molecule has 6 heteroatoms. The molecule has 1 atom stereocenters. The number of ether oxygens (including phenoxy) is 3. The molecule has 1 unspecified atom stereocenters. The minimum Gasteiger partial charge on any atom is -0.462 e. The lowest BCUT2D eigenvalue weighted by Crippen LogP contribution is -2.30. The van der Waals surface area contributed by atoms with Crippen LogP contribution in [0.2, 0.25) is 0 Å². The highest BCUT2D eigenvalue weighted by Crippen LogP contribution is 2.11. The van der Waals surface area contributed by atoms with Crippen LogP contribution in [-0.4, -0.2) is 37.2 Å². The summed E-state index contributed by atoms with van der Waals surface area (Å²) >= 11 is 0. The maximum Gasteiger partial charge on any atom is 0.306 e. The third-order valence-corrected chi connectivity index (χ3v) is 9.08. The Morgan fingerprint density at radius 3 is 1.35 bits per heavy atom. The number of hydrogen-bond acceptors (Lipinski definition) is 6. The second kappa shape index (κ2) is 45.0. The molecule has 0 aliphatic rings. The van der Waals surface area contributed by atoms with Crippen LogP contribution in [0.3, 0.4) is 0 Å². The fraction of sp³-hybridized carbons (Fsp3) is 0.627. The lowest BCUT2D eigenvalue weighted by Gasteiger charge is -2.18. The van der Waals surface area contributed by atoms with Gasteiger partial charge in [0.1, 0.15) is 13.2 Å². The predicted octanol–water partition coefficient (Wildman–Crippen LogP) is 14.6. The van der Waals surface area contributed by atoms with Gasteiger partial charge in [0.15, 0.2) is 6.10 Å². The van der Waals surface area contributed by atoms with Gasteiger partial charge >= 0.3 is 17.9 Å². The summed E-state index contributed by atoms with van der Waals surface area (Å²) in [7, 11) is 0. The van der Waals surface area contributed by atoms with Gasteiger partial charge in [0.2, 0.25) is 0 Å². The van der Waals surface area contributed by atoms with E-state index in [1.807, 2.05) is 12.2 Å². The SMILES string of the molecule is CC/C=C\C/C=C\C/C=C\C/C=C\C/C=C\CCC(=O)OCC(COC(=O)CCCCC/C=C\C=C/CCCC)OC(=O)CCCCCCC/C=C\CCCCC. The summed E-state index contributed by atoms with van der Waals surface area (Å²) < 4.78 is 16.6. The van der Waals surface area contributed by atoms with Crippen molar-refractivity contribution in [2.45, 2.75) is 194 Å². The van der Waals surface area contributed by atoms with E-state index in [-0.39, 0.29) is 37.5 Å². The molecule has 0 saturated carbocycles. The molecule has 0 fully saturated rings. The lowest BCUT2D eigenvalue weighted by atomic mass is 10.1. The largest absolute Gasteiger partial charge is 0.462 e. The summed E-state index contributed by atoms with van der Waals surface area (Å²) in [6.07, 6.45) is 58.3. The minimum atomic E-state index is -0.821. The number of allylic oxidation sites excluding steroid dienone is 16. The van der Waals surface area contributed by atoms with Crippen molar-refractivity contribution >= 4 is 17.9 Å². The number of hydrogen-bond donors (Lipinski definition) is 0. The van der Waals surface area contributed by atoms with E-state index in [0.29, 0.717) is 19.3 Å². The van der Waals surface area contributed by atoms with E-state index in [1.165, 1.54) is 44.9 Å². The summed E-state index contributed by atoms with van der Waals surface area (Å²) in [5.41, 5.74) is 0. The molecule has 0 N–H and O–H groups in total. The molecule has 0 aromatic carbocycles. The molecule has 0 amide bonds. The Hall–Kier alpha value is -3.67. The number of carbonyl (C=O) groups excluding carboxylic acids is 3. The monoisotopic (exact) mass is 791 g/mol. The van der Waals surface area contributed by atoms with Crippen molar-refractivity contribution in [3.8, 4) is 0 Å². The van der Waals surface area contributed by atoms with Crippen molar-refractivity contribution in [1.29, 1.82) is 0 Å². The summed E-state index contributed by atoms with van der Waals surface area (Å²) in [5, 5.41) is 0. The van der Waals surface area contributed by atoms with Gasteiger partial charge in [0.25, 0.3) is 0 Å². The van der Waals surface area contributed by atoms with Crippen LogP contribution in [0.5, 0.6) is 0 Å². The molecule has 0 aliphatic heterocycles. The second-order valence-corrected chi connectivity index (χ2v) is 14.6. The normalized spacial score (nSPS) is 13.0. The fourth-order valence-electron chi connectivity index (χ4n) is 5.64. The Morgan fingerprint density at radius 2 is 0.789 bits per heavy atom. The van der Waals surface area contributed by atoms with E-state index in [0.717, 1.165) is 96.3 Å².